The van der Waals surface area contributed by atoms with Crippen LogP contribution in [0, 0.1) is 6.92 Å². The number of nitrogens with two attached hydrogens (primary N) is 1. The van der Waals surface area contributed by atoms with Crippen molar-refractivity contribution in [1.29, 1.82) is 0 Å². The van der Waals surface area contributed by atoms with Crippen LogP contribution in [0.25, 0.3) is 11.1 Å². The molecule has 0 fully saturated rings. The average molecular weight is 269 g/mol. The van der Waals surface area contributed by atoms with Gasteiger partial charge in [-0.1, -0.05) is 11.2 Å². The summed E-state index contributed by atoms with van der Waals surface area (Å²) < 4.78 is 5.38. The van der Waals surface area contributed by atoms with E-state index in [1.54, 1.807) is 6.07 Å². The van der Waals surface area contributed by atoms with E-state index in [2.05, 4.69) is 21.1 Å². The number of rotatable bonds is 1. The van der Waals surface area contributed by atoms with Crippen molar-refractivity contribution in [1.82, 2.24) is 5.16 Å². The second kappa shape index (κ2) is 3.58. The van der Waals surface area contributed by atoms with Crippen LogP contribution in [0.15, 0.2) is 27.3 Å². The van der Waals surface area contributed by atoms with E-state index < -0.39 is 0 Å². The van der Waals surface area contributed by atoms with Gasteiger partial charge in [0, 0.05) is 5.56 Å². The fourth-order valence-electron chi connectivity index (χ4n) is 1.44. The summed E-state index contributed by atoms with van der Waals surface area (Å²) in [5, 5.41) is 13.5. The predicted molar refractivity (Wildman–Crippen MR) is 60.5 cm³/mol. The highest BCUT2D eigenvalue weighted by Crippen LogP contribution is 2.40. The summed E-state index contributed by atoms with van der Waals surface area (Å²) in [5.41, 5.74) is 7.76. The molecule has 0 spiro atoms. The second-order valence-electron chi connectivity index (χ2n) is 3.19. The molecule has 3 N–H and O–H groups in total. The minimum absolute atomic E-state index is 0.143. The van der Waals surface area contributed by atoms with E-state index in [-0.39, 0.29) is 11.6 Å². The van der Waals surface area contributed by atoms with Gasteiger partial charge in [-0.05, 0) is 34.5 Å². The minimum Gasteiger partial charge on any atom is -0.506 e. The lowest BCUT2D eigenvalue weighted by molar-refractivity contribution is 0.436. The van der Waals surface area contributed by atoms with Gasteiger partial charge in [0.25, 0.3) is 0 Å². The van der Waals surface area contributed by atoms with Crippen LogP contribution in [0.1, 0.15) is 5.56 Å². The molecule has 5 heteroatoms. The van der Waals surface area contributed by atoms with E-state index in [1.165, 1.54) is 6.20 Å². The maximum atomic E-state index is 9.90. The Morgan fingerprint density at radius 3 is 2.80 bits per heavy atom. The minimum atomic E-state index is 0.143. The molecule has 0 unspecified atom stereocenters. The van der Waals surface area contributed by atoms with E-state index in [9.17, 15) is 5.11 Å². The van der Waals surface area contributed by atoms with Crippen LogP contribution in [-0.4, -0.2) is 10.3 Å². The number of aromatic hydroxyl groups is 1. The van der Waals surface area contributed by atoms with Gasteiger partial charge in [0.05, 0.1) is 16.2 Å². The number of anilines is 1. The monoisotopic (exact) mass is 268 g/mol. The summed E-state index contributed by atoms with van der Waals surface area (Å²) in [5.74, 6) is 0.344. The Morgan fingerprint density at radius 1 is 1.47 bits per heavy atom. The fourth-order valence-corrected chi connectivity index (χ4v) is 1.77. The van der Waals surface area contributed by atoms with Gasteiger partial charge in [-0.3, -0.25) is 0 Å². The lowest BCUT2D eigenvalue weighted by Gasteiger charge is -2.07. The Kier molecular flexibility index (Phi) is 2.40. The first-order valence-corrected chi connectivity index (χ1v) is 5.09. The Labute approximate surface area is 94.8 Å². The van der Waals surface area contributed by atoms with Crippen LogP contribution in [0.5, 0.6) is 5.75 Å². The van der Waals surface area contributed by atoms with Crippen molar-refractivity contribution in [3.63, 3.8) is 0 Å². The highest BCUT2D eigenvalue weighted by Gasteiger charge is 2.15. The number of halogens is 1. The van der Waals surface area contributed by atoms with Gasteiger partial charge in [0.15, 0.2) is 0 Å². The van der Waals surface area contributed by atoms with Crippen molar-refractivity contribution in [3.8, 4) is 16.9 Å². The number of benzene rings is 1. The summed E-state index contributed by atoms with van der Waals surface area (Å²) in [7, 11) is 0. The molecule has 0 aliphatic heterocycles. The topological polar surface area (TPSA) is 72.3 Å². The van der Waals surface area contributed by atoms with Crippen LogP contribution < -0.4 is 5.73 Å². The van der Waals surface area contributed by atoms with Gasteiger partial charge in [0.2, 0.25) is 5.88 Å². The highest BCUT2D eigenvalue weighted by molar-refractivity contribution is 9.10. The number of hydrogen-bond acceptors (Lipinski definition) is 4. The fraction of sp³-hybridized carbons (Fsp3) is 0.100. The zero-order chi connectivity index (χ0) is 11.0. The second-order valence-corrected chi connectivity index (χ2v) is 4.05. The summed E-state index contributed by atoms with van der Waals surface area (Å²) >= 11 is 3.25. The Hall–Kier alpha value is -1.49. The normalized spacial score (nSPS) is 10.5. The lowest BCUT2D eigenvalue weighted by Crippen LogP contribution is -1.89. The molecule has 78 valence electrons. The van der Waals surface area contributed by atoms with Gasteiger partial charge in [-0.15, -0.1) is 0 Å². The molecule has 0 aliphatic rings. The summed E-state index contributed by atoms with van der Waals surface area (Å²) in [6.07, 6.45) is 1.49. The van der Waals surface area contributed by atoms with Crippen molar-refractivity contribution in [2.24, 2.45) is 0 Å². The molecule has 2 rings (SSSR count). The summed E-state index contributed by atoms with van der Waals surface area (Å²) in [4.78, 5) is 0. The first-order valence-electron chi connectivity index (χ1n) is 4.30. The molecule has 0 aliphatic carbocycles. The number of nitrogens with zero attached hydrogens (tertiary/aromatic N) is 1. The molecule has 0 atom stereocenters. The Balaban J connectivity index is 2.72. The van der Waals surface area contributed by atoms with Crippen LogP contribution in [0.4, 0.5) is 5.88 Å². The van der Waals surface area contributed by atoms with Gasteiger partial charge in [-0.25, -0.2) is 0 Å². The number of aryl methyl sites for hydroxylation is 1. The maximum Gasteiger partial charge on any atom is 0.230 e. The average Bonchev–Trinajstić information content (AvgIpc) is 2.60. The van der Waals surface area contributed by atoms with Crippen molar-refractivity contribution in [2.75, 3.05) is 5.73 Å². The zero-order valence-corrected chi connectivity index (χ0v) is 9.58. The third-order valence-corrected chi connectivity index (χ3v) is 2.84. The van der Waals surface area contributed by atoms with Crippen LogP contribution in [-0.2, 0) is 0 Å². The van der Waals surface area contributed by atoms with Gasteiger partial charge in [-0.2, -0.15) is 0 Å². The van der Waals surface area contributed by atoms with Crippen LogP contribution in [0.3, 0.4) is 0 Å². The van der Waals surface area contributed by atoms with Crippen molar-refractivity contribution < 1.29 is 9.63 Å². The van der Waals surface area contributed by atoms with Crippen molar-refractivity contribution in [2.45, 2.75) is 6.92 Å². The molecule has 0 saturated carbocycles. The largest absolute Gasteiger partial charge is 0.506 e. The maximum absolute atomic E-state index is 9.90. The molecule has 1 aromatic carbocycles. The number of phenolic OH excluding ortho intramolecular Hbond substituents is 1. The predicted octanol–water partition coefficient (Wildman–Crippen LogP) is 2.70. The zero-order valence-electron chi connectivity index (χ0n) is 7.99. The molecule has 2 aromatic rings. The first-order chi connectivity index (χ1) is 7.11. The third-order valence-electron chi connectivity index (χ3n) is 2.20. The van der Waals surface area contributed by atoms with E-state index in [1.807, 2.05) is 13.0 Å². The first kappa shape index (κ1) is 10.0. The summed E-state index contributed by atoms with van der Waals surface area (Å²) in [6, 6.07) is 3.66. The molecular formula is C10H9BrN2O2. The molecule has 1 aromatic heterocycles. The Bertz CT molecular complexity index is 508. The molecule has 0 bridgehead atoms. The molecule has 0 amide bonds. The number of nitrogen functional groups attached to an aromatic ring is 1. The van der Waals surface area contributed by atoms with E-state index >= 15 is 0 Å². The standard InChI is InChI=1S/C10H9BrN2O2/c1-5-2-3-7(11)9(14)8(5)6-4-13-15-10(6)12/h2-4,14H,12H2,1H3. The molecule has 1 heterocycles. The highest BCUT2D eigenvalue weighted by atomic mass is 79.9. The van der Waals surface area contributed by atoms with E-state index in [0.29, 0.717) is 15.6 Å². The number of phenols is 1. The van der Waals surface area contributed by atoms with E-state index in [0.717, 1.165) is 5.56 Å². The molecule has 4 nitrogen and oxygen atoms in total. The third kappa shape index (κ3) is 1.59. The SMILES string of the molecule is Cc1ccc(Br)c(O)c1-c1cnoc1N. The number of aromatic nitrogens is 1. The smallest absolute Gasteiger partial charge is 0.230 e. The molecule has 15 heavy (non-hydrogen) atoms. The van der Waals surface area contributed by atoms with Crippen LogP contribution in [0.2, 0.25) is 0 Å². The van der Waals surface area contributed by atoms with Crippen molar-refractivity contribution in [3.05, 3.63) is 28.4 Å². The quantitative estimate of drug-likeness (QED) is 0.834. The molecule has 0 radical (unpaired) electrons. The summed E-state index contributed by atoms with van der Waals surface area (Å²) in [6.45, 7) is 1.88. The number of hydrogen-bond donors (Lipinski definition) is 2. The van der Waals surface area contributed by atoms with Crippen LogP contribution >= 0.6 is 15.9 Å². The van der Waals surface area contributed by atoms with Gasteiger partial charge < -0.3 is 15.4 Å². The lowest BCUT2D eigenvalue weighted by atomic mass is 10.0. The van der Waals surface area contributed by atoms with Gasteiger partial charge in [0.1, 0.15) is 5.75 Å². The van der Waals surface area contributed by atoms with E-state index in [4.69, 9.17) is 10.3 Å². The molecule has 0 saturated heterocycles. The Morgan fingerprint density at radius 2 is 2.20 bits per heavy atom. The van der Waals surface area contributed by atoms with Crippen molar-refractivity contribution >= 4 is 21.8 Å². The van der Waals surface area contributed by atoms with Gasteiger partial charge >= 0.3 is 0 Å². The molecular weight excluding hydrogens is 260 g/mol.